The SMILES string of the molecule is CCC(CC)(CCl)CNC(=O)c1ccccc1SC. The Hall–Kier alpha value is -0.670. The van der Waals surface area contributed by atoms with E-state index < -0.39 is 0 Å². The molecule has 1 N–H and O–H groups in total. The fourth-order valence-electron chi connectivity index (χ4n) is 1.93. The lowest BCUT2D eigenvalue weighted by Gasteiger charge is -2.29. The van der Waals surface area contributed by atoms with Crippen molar-refractivity contribution in [3.63, 3.8) is 0 Å². The van der Waals surface area contributed by atoms with E-state index in [0.717, 1.165) is 23.3 Å². The molecule has 19 heavy (non-hydrogen) atoms. The van der Waals surface area contributed by atoms with Gasteiger partial charge >= 0.3 is 0 Å². The van der Waals surface area contributed by atoms with Crippen molar-refractivity contribution in [1.82, 2.24) is 5.32 Å². The zero-order chi connectivity index (χ0) is 14.3. The highest BCUT2D eigenvalue weighted by Gasteiger charge is 2.26. The summed E-state index contributed by atoms with van der Waals surface area (Å²) in [5.41, 5.74) is 0.747. The number of nitrogens with one attached hydrogen (secondary N) is 1. The van der Waals surface area contributed by atoms with Gasteiger partial charge in [-0.05, 0) is 31.2 Å². The van der Waals surface area contributed by atoms with Gasteiger partial charge in [-0.15, -0.1) is 23.4 Å². The van der Waals surface area contributed by atoms with Crippen molar-refractivity contribution in [1.29, 1.82) is 0 Å². The molecule has 0 aliphatic rings. The maximum Gasteiger partial charge on any atom is 0.252 e. The number of halogens is 1. The third-order valence-electron chi connectivity index (χ3n) is 3.76. The smallest absolute Gasteiger partial charge is 0.252 e. The van der Waals surface area contributed by atoms with E-state index in [9.17, 15) is 4.79 Å². The fraction of sp³-hybridized carbons (Fsp3) is 0.533. The summed E-state index contributed by atoms with van der Waals surface area (Å²) < 4.78 is 0. The van der Waals surface area contributed by atoms with E-state index in [4.69, 9.17) is 11.6 Å². The van der Waals surface area contributed by atoms with Gasteiger partial charge in [0.05, 0.1) is 5.56 Å². The molecule has 0 heterocycles. The molecule has 1 amide bonds. The maximum absolute atomic E-state index is 12.3. The first-order chi connectivity index (χ1) is 9.12. The van der Waals surface area contributed by atoms with Crippen molar-refractivity contribution in [2.75, 3.05) is 18.7 Å². The molecule has 0 saturated carbocycles. The number of hydrogen-bond donors (Lipinski definition) is 1. The highest BCUT2D eigenvalue weighted by atomic mass is 35.5. The monoisotopic (exact) mass is 299 g/mol. The molecule has 0 aliphatic heterocycles. The van der Waals surface area contributed by atoms with Crippen molar-refractivity contribution >= 4 is 29.3 Å². The van der Waals surface area contributed by atoms with Crippen LogP contribution in [0.2, 0.25) is 0 Å². The first-order valence-corrected chi connectivity index (χ1v) is 8.35. The van der Waals surface area contributed by atoms with Crippen LogP contribution in [-0.2, 0) is 0 Å². The quantitative estimate of drug-likeness (QED) is 0.604. The number of carbonyl (C=O) groups excluding carboxylic acids is 1. The Balaban J connectivity index is 2.75. The van der Waals surface area contributed by atoms with Gasteiger partial charge in [0.25, 0.3) is 5.91 Å². The van der Waals surface area contributed by atoms with Crippen LogP contribution in [0.25, 0.3) is 0 Å². The molecule has 0 saturated heterocycles. The minimum absolute atomic E-state index is 0.00547. The molecule has 0 spiro atoms. The number of rotatable bonds is 7. The first-order valence-electron chi connectivity index (χ1n) is 6.59. The van der Waals surface area contributed by atoms with E-state index in [0.29, 0.717) is 12.4 Å². The Morgan fingerprint density at radius 1 is 1.32 bits per heavy atom. The number of thioether (sulfide) groups is 1. The molecule has 2 nitrogen and oxygen atoms in total. The van der Waals surface area contributed by atoms with Crippen LogP contribution in [0.5, 0.6) is 0 Å². The Bertz CT molecular complexity index is 410. The van der Waals surface area contributed by atoms with Crippen molar-refractivity contribution in [2.24, 2.45) is 5.41 Å². The van der Waals surface area contributed by atoms with Crippen LogP contribution in [0.3, 0.4) is 0 Å². The molecule has 0 bridgehead atoms. The van der Waals surface area contributed by atoms with Crippen LogP contribution >= 0.6 is 23.4 Å². The Morgan fingerprint density at radius 2 is 1.95 bits per heavy atom. The van der Waals surface area contributed by atoms with E-state index in [2.05, 4.69) is 19.2 Å². The number of benzene rings is 1. The molecule has 0 radical (unpaired) electrons. The summed E-state index contributed by atoms with van der Waals surface area (Å²) in [7, 11) is 0. The molecular formula is C15H22ClNOS. The maximum atomic E-state index is 12.3. The molecular weight excluding hydrogens is 278 g/mol. The molecule has 106 valence electrons. The normalized spacial score (nSPS) is 11.4. The number of carbonyl (C=O) groups is 1. The van der Waals surface area contributed by atoms with E-state index in [1.54, 1.807) is 11.8 Å². The summed E-state index contributed by atoms with van der Waals surface area (Å²) in [4.78, 5) is 13.3. The second kappa shape index (κ2) is 7.81. The van der Waals surface area contributed by atoms with Crippen LogP contribution < -0.4 is 5.32 Å². The molecule has 0 atom stereocenters. The van der Waals surface area contributed by atoms with Gasteiger partial charge in [0.1, 0.15) is 0 Å². The predicted molar refractivity (Wildman–Crippen MR) is 84.3 cm³/mol. The van der Waals surface area contributed by atoms with Gasteiger partial charge in [0.2, 0.25) is 0 Å². The molecule has 0 aliphatic carbocycles. The highest BCUT2D eigenvalue weighted by Crippen LogP contribution is 2.27. The third kappa shape index (κ3) is 4.15. The summed E-state index contributed by atoms with van der Waals surface area (Å²) in [6.07, 6.45) is 3.92. The lowest BCUT2D eigenvalue weighted by Crippen LogP contribution is -2.38. The van der Waals surface area contributed by atoms with Crippen LogP contribution in [0.1, 0.15) is 37.0 Å². The molecule has 1 aromatic carbocycles. The number of hydrogen-bond acceptors (Lipinski definition) is 2. The van der Waals surface area contributed by atoms with E-state index in [-0.39, 0.29) is 11.3 Å². The Labute approximate surface area is 125 Å². The first kappa shape index (κ1) is 16.4. The lowest BCUT2D eigenvalue weighted by atomic mass is 9.84. The second-order valence-corrected chi connectivity index (χ2v) is 5.84. The zero-order valence-corrected chi connectivity index (χ0v) is 13.4. The van der Waals surface area contributed by atoms with Crippen molar-refractivity contribution in [3.05, 3.63) is 29.8 Å². The minimum atomic E-state index is -0.0126. The Kier molecular flexibility index (Phi) is 6.73. The average Bonchev–Trinajstić information content (AvgIpc) is 2.49. The highest BCUT2D eigenvalue weighted by molar-refractivity contribution is 7.98. The van der Waals surface area contributed by atoms with Crippen molar-refractivity contribution < 1.29 is 4.79 Å². The summed E-state index contributed by atoms with van der Waals surface area (Å²) >= 11 is 7.64. The summed E-state index contributed by atoms with van der Waals surface area (Å²) in [5, 5.41) is 3.03. The van der Waals surface area contributed by atoms with Crippen LogP contribution in [0.15, 0.2) is 29.2 Å². The standard InChI is InChI=1S/C15H22ClNOS/c1-4-15(5-2,10-16)11-17-14(18)12-8-6-7-9-13(12)19-3/h6-9H,4-5,10-11H2,1-3H3,(H,17,18). The van der Waals surface area contributed by atoms with Crippen LogP contribution in [0, 0.1) is 5.41 Å². The number of alkyl halides is 1. The molecule has 4 heteroatoms. The van der Waals surface area contributed by atoms with Gasteiger partial charge in [-0.1, -0.05) is 26.0 Å². The minimum Gasteiger partial charge on any atom is -0.351 e. The molecule has 0 unspecified atom stereocenters. The van der Waals surface area contributed by atoms with Crippen molar-refractivity contribution in [2.45, 2.75) is 31.6 Å². The van der Waals surface area contributed by atoms with Gasteiger partial charge in [0, 0.05) is 22.7 Å². The topological polar surface area (TPSA) is 29.1 Å². The molecule has 1 rings (SSSR count). The third-order valence-corrected chi connectivity index (χ3v) is 5.12. The fourth-order valence-corrected chi connectivity index (χ4v) is 3.00. The van der Waals surface area contributed by atoms with Crippen LogP contribution in [0.4, 0.5) is 0 Å². The van der Waals surface area contributed by atoms with Gasteiger partial charge in [-0.3, -0.25) is 4.79 Å². The summed E-state index contributed by atoms with van der Waals surface area (Å²) in [6, 6.07) is 7.67. The zero-order valence-electron chi connectivity index (χ0n) is 11.8. The lowest BCUT2D eigenvalue weighted by molar-refractivity contribution is 0.0929. The summed E-state index contributed by atoms with van der Waals surface area (Å²) in [5.74, 6) is 0.561. The van der Waals surface area contributed by atoms with Gasteiger partial charge < -0.3 is 5.32 Å². The number of amides is 1. The van der Waals surface area contributed by atoms with E-state index in [1.165, 1.54) is 0 Å². The molecule has 1 aromatic rings. The largest absolute Gasteiger partial charge is 0.351 e. The predicted octanol–water partition coefficient (Wildman–Crippen LogP) is 4.18. The van der Waals surface area contributed by atoms with Crippen molar-refractivity contribution in [3.8, 4) is 0 Å². The van der Waals surface area contributed by atoms with Crippen LogP contribution in [-0.4, -0.2) is 24.6 Å². The summed E-state index contributed by atoms with van der Waals surface area (Å²) in [6.45, 7) is 4.87. The van der Waals surface area contributed by atoms with Gasteiger partial charge in [-0.25, -0.2) is 0 Å². The average molecular weight is 300 g/mol. The molecule has 0 fully saturated rings. The second-order valence-electron chi connectivity index (χ2n) is 4.72. The molecule has 0 aromatic heterocycles. The van der Waals surface area contributed by atoms with Gasteiger partial charge in [-0.2, -0.15) is 0 Å². The van der Waals surface area contributed by atoms with E-state index >= 15 is 0 Å². The van der Waals surface area contributed by atoms with Gasteiger partial charge in [0.15, 0.2) is 0 Å². The Morgan fingerprint density at radius 3 is 2.47 bits per heavy atom. The van der Waals surface area contributed by atoms with E-state index in [1.807, 2.05) is 30.5 Å².